The van der Waals surface area contributed by atoms with Crippen molar-refractivity contribution in [3.63, 3.8) is 0 Å². The quantitative estimate of drug-likeness (QED) is 0.642. The lowest BCUT2D eigenvalue weighted by atomic mass is 10.0. The fourth-order valence-corrected chi connectivity index (χ4v) is 4.62. The number of rotatable bonds is 5. The summed E-state index contributed by atoms with van der Waals surface area (Å²) in [5.74, 6) is -0.830. The number of halogens is 2. The number of likely N-dealkylation sites (N-methyl/N-ethyl adjacent to an activating group) is 1. The van der Waals surface area contributed by atoms with Gasteiger partial charge in [0, 0.05) is 57.0 Å². The van der Waals surface area contributed by atoms with Crippen molar-refractivity contribution in [2.45, 2.75) is 45.4 Å². The van der Waals surface area contributed by atoms with E-state index in [1.54, 1.807) is 37.3 Å². The number of fused-ring (bicyclic) bond motifs is 1. The number of ether oxygens (including phenoxy) is 2. The summed E-state index contributed by atoms with van der Waals surface area (Å²) in [6.45, 7) is 5.24. The van der Waals surface area contributed by atoms with Crippen molar-refractivity contribution in [2.24, 2.45) is 11.8 Å². The van der Waals surface area contributed by atoms with Crippen molar-refractivity contribution in [1.82, 2.24) is 9.80 Å². The minimum atomic E-state index is -0.490. The van der Waals surface area contributed by atoms with Gasteiger partial charge < -0.3 is 19.7 Å². The molecule has 37 heavy (non-hydrogen) atoms. The second kappa shape index (κ2) is 11.6. The zero-order valence-electron chi connectivity index (χ0n) is 21.8. The van der Waals surface area contributed by atoms with Crippen LogP contribution in [-0.2, 0) is 16.1 Å². The molecule has 1 N–H and O–H groups in total. The average molecular weight is 516 g/mol. The second-order valence-corrected chi connectivity index (χ2v) is 10.2. The Labute approximate surface area is 216 Å². The number of anilines is 1. The Bertz CT molecular complexity index is 1140. The summed E-state index contributed by atoms with van der Waals surface area (Å²) in [4.78, 5) is 29.4. The molecule has 2 aromatic carbocycles. The molecule has 2 aliphatic rings. The molecule has 0 saturated heterocycles. The Hall–Kier alpha value is -3.04. The Morgan fingerprint density at radius 1 is 1.14 bits per heavy atom. The van der Waals surface area contributed by atoms with Gasteiger partial charge in [-0.15, -0.1) is 0 Å². The summed E-state index contributed by atoms with van der Waals surface area (Å²) >= 11 is 0. The molecule has 9 heteroatoms. The van der Waals surface area contributed by atoms with E-state index < -0.39 is 11.6 Å². The average Bonchev–Trinajstić information content (AvgIpc) is 3.72. The molecule has 1 heterocycles. The standard InChI is InChI=1S/C28H35F2N3O4/c1-17-13-33(14-20-11-21(29)7-9-24(20)30)18(2)16-37-25-10-8-22(31-27(34)19-5-6-19)12-23(25)28(35)32(3)15-26(17)36-4/h7-12,17-19,26H,5-6,13-16H2,1-4H3,(H,31,34)/t17-,18-,26-/m0/s1. The fraction of sp³-hybridized carbons (Fsp3) is 0.500. The van der Waals surface area contributed by atoms with Crippen molar-refractivity contribution in [1.29, 1.82) is 0 Å². The molecule has 0 spiro atoms. The third-order valence-electron chi connectivity index (χ3n) is 7.17. The van der Waals surface area contributed by atoms with Crippen LogP contribution in [0.1, 0.15) is 42.6 Å². The van der Waals surface area contributed by atoms with Gasteiger partial charge in [0.05, 0.1) is 11.7 Å². The van der Waals surface area contributed by atoms with E-state index in [0.29, 0.717) is 30.1 Å². The van der Waals surface area contributed by atoms with E-state index in [9.17, 15) is 18.4 Å². The highest BCUT2D eigenvalue weighted by molar-refractivity contribution is 6.00. The normalized spacial score (nSPS) is 23.5. The number of benzene rings is 2. The van der Waals surface area contributed by atoms with Crippen LogP contribution in [0.4, 0.5) is 14.5 Å². The van der Waals surface area contributed by atoms with Crippen LogP contribution in [0.5, 0.6) is 5.75 Å². The lowest BCUT2D eigenvalue weighted by molar-refractivity contribution is -0.117. The van der Waals surface area contributed by atoms with E-state index in [2.05, 4.69) is 5.32 Å². The lowest BCUT2D eigenvalue weighted by Gasteiger charge is -2.36. The van der Waals surface area contributed by atoms with Gasteiger partial charge in [-0.2, -0.15) is 0 Å². The van der Waals surface area contributed by atoms with Crippen molar-refractivity contribution in [2.75, 3.05) is 39.2 Å². The molecule has 3 atom stereocenters. The third-order valence-corrected chi connectivity index (χ3v) is 7.17. The van der Waals surface area contributed by atoms with Gasteiger partial charge in [-0.05, 0) is 62.1 Å². The molecule has 0 radical (unpaired) electrons. The number of hydrogen-bond donors (Lipinski definition) is 1. The van der Waals surface area contributed by atoms with Crippen molar-refractivity contribution >= 4 is 17.5 Å². The van der Waals surface area contributed by atoms with Crippen molar-refractivity contribution < 1.29 is 27.8 Å². The van der Waals surface area contributed by atoms with Crippen LogP contribution in [-0.4, -0.2) is 67.6 Å². The zero-order valence-corrected chi connectivity index (χ0v) is 21.8. The molecule has 1 fully saturated rings. The molecule has 1 aliphatic carbocycles. The van der Waals surface area contributed by atoms with Gasteiger partial charge in [0.2, 0.25) is 5.91 Å². The highest BCUT2D eigenvalue weighted by Crippen LogP contribution is 2.32. The van der Waals surface area contributed by atoms with E-state index in [4.69, 9.17) is 9.47 Å². The van der Waals surface area contributed by atoms with E-state index >= 15 is 0 Å². The molecular formula is C28H35F2N3O4. The van der Waals surface area contributed by atoms with Crippen LogP contribution in [0.2, 0.25) is 0 Å². The predicted octanol–water partition coefficient (Wildman–Crippen LogP) is 4.32. The predicted molar refractivity (Wildman–Crippen MR) is 136 cm³/mol. The minimum absolute atomic E-state index is 0.0256. The first-order valence-electron chi connectivity index (χ1n) is 12.7. The van der Waals surface area contributed by atoms with Gasteiger partial charge in [-0.1, -0.05) is 6.92 Å². The molecule has 0 bridgehead atoms. The first-order valence-corrected chi connectivity index (χ1v) is 12.7. The molecule has 2 aromatic rings. The van der Waals surface area contributed by atoms with Crippen molar-refractivity contribution in [3.05, 3.63) is 59.2 Å². The first-order chi connectivity index (χ1) is 17.7. The summed E-state index contributed by atoms with van der Waals surface area (Å²) in [5.41, 5.74) is 1.15. The molecule has 0 aromatic heterocycles. The maximum atomic E-state index is 14.5. The zero-order chi connectivity index (χ0) is 26.7. The summed E-state index contributed by atoms with van der Waals surface area (Å²) < 4.78 is 40.2. The highest BCUT2D eigenvalue weighted by Gasteiger charge is 2.31. The van der Waals surface area contributed by atoms with Crippen LogP contribution in [0.15, 0.2) is 36.4 Å². The number of nitrogens with one attached hydrogen (secondary N) is 1. The molecular weight excluding hydrogens is 480 g/mol. The van der Waals surface area contributed by atoms with E-state index in [-0.39, 0.29) is 54.5 Å². The van der Waals surface area contributed by atoms with Gasteiger partial charge in [0.15, 0.2) is 0 Å². The first kappa shape index (κ1) is 27.0. The number of amides is 2. The van der Waals surface area contributed by atoms with Gasteiger partial charge in [-0.3, -0.25) is 14.5 Å². The van der Waals surface area contributed by atoms with Crippen molar-refractivity contribution in [3.8, 4) is 5.75 Å². The molecule has 200 valence electrons. The van der Waals surface area contributed by atoms with Gasteiger partial charge in [0.1, 0.15) is 24.0 Å². The second-order valence-electron chi connectivity index (χ2n) is 10.2. The van der Waals surface area contributed by atoms with Crippen LogP contribution in [0.25, 0.3) is 0 Å². The maximum Gasteiger partial charge on any atom is 0.257 e. The van der Waals surface area contributed by atoms with E-state index in [1.165, 1.54) is 6.07 Å². The van der Waals surface area contributed by atoms with Gasteiger partial charge in [0.25, 0.3) is 5.91 Å². The summed E-state index contributed by atoms with van der Waals surface area (Å²) in [5, 5.41) is 2.89. The van der Waals surface area contributed by atoms with Crippen LogP contribution in [0, 0.1) is 23.5 Å². The largest absolute Gasteiger partial charge is 0.491 e. The summed E-state index contributed by atoms with van der Waals surface area (Å²) in [7, 11) is 3.31. The van der Waals surface area contributed by atoms with Crippen LogP contribution < -0.4 is 10.1 Å². The smallest absolute Gasteiger partial charge is 0.257 e. The number of carbonyl (C=O) groups excluding carboxylic acids is 2. The monoisotopic (exact) mass is 515 g/mol. The van der Waals surface area contributed by atoms with E-state index in [0.717, 1.165) is 25.0 Å². The third kappa shape index (κ3) is 6.64. The lowest BCUT2D eigenvalue weighted by Crippen LogP contribution is -2.46. The molecule has 7 nitrogen and oxygen atoms in total. The summed E-state index contributed by atoms with van der Waals surface area (Å²) in [6.07, 6.45) is 1.47. The molecule has 4 rings (SSSR count). The number of hydrogen-bond acceptors (Lipinski definition) is 5. The van der Waals surface area contributed by atoms with Crippen LogP contribution in [0.3, 0.4) is 0 Å². The van der Waals surface area contributed by atoms with E-state index in [1.807, 2.05) is 18.7 Å². The molecule has 1 saturated carbocycles. The maximum absolute atomic E-state index is 14.5. The Morgan fingerprint density at radius 2 is 1.89 bits per heavy atom. The Morgan fingerprint density at radius 3 is 2.59 bits per heavy atom. The molecule has 0 unspecified atom stereocenters. The molecule has 2 amide bonds. The molecule has 1 aliphatic heterocycles. The Balaban J connectivity index is 1.63. The van der Waals surface area contributed by atoms with Crippen LogP contribution >= 0.6 is 0 Å². The number of methoxy groups -OCH3 is 1. The number of carbonyl (C=O) groups is 2. The summed E-state index contributed by atoms with van der Waals surface area (Å²) in [6, 6.07) is 8.35. The SMILES string of the molecule is CO[C@H]1CN(C)C(=O)c2cc(NC(=O)C3CC3)ccc2OC[C@H](C)N(Cc2cc(F)ccc2F)C[C@@H]1C. The van der Waals surface area contributed by atoms with Gasteiger partial charge in [-0.25, -0.2) is 8.78 Å². The topological polar surface area (TPSA) is 71.1 Å². The fourth-order valence-electron chi connectivity index (χ4n) is 4.62. The number of nitrogens with zero attached hydrogens (tertiary/aromatic N) is 2. The van der Waals surface area contributed by atoms with Gasteiger partial charge >= 0.3 is 0 Å². The highest BCUT2D eigenvalue weighted by atomic mass is 19.1. The Kier molecular flexibility index (Phi) is 8.44. The minimum Gasteiger partial charge on any atom is -0.491 e.